The second kappa shape index (κ2) is 5.86. The first-order chi connectivity index (χ1) is 7.00. The molecule has 90 valence electrons. The minimum absolute atomic E-state index is 0.680. The zero-order chi connectivity index (χ0) is 11.4. The molecule has 1 atom stereocenters. The summed E-state index contributed by atoms with van der Waals surface area (Å²) in [6, 6.07) is 1.40. The molecule has 1 unspecified atom stereocenters. The fourth-order valence-corrected chi connectivity index (χ4v) is 2.33. The highest BCUT2D eigenvalue weighted by Crippen LogP contribution is 2.19. The lowest BCUT2D eigenvalue weighted by molar-refractivity contribution is 0.109. The van der Waals surface area contributed by atoms with Crippen molar-refractivity contribution in [2.75, 3.05) is 26.7 Å². The predicted molar refractivity (Wildman–Crippen MR) is 67.2 cm³/mol. The molecule has 1 saturated heterocycles. The van der Waals surface area contributed by atoms with E-state index in [1.165, 1.54) is 32.5 Å². The van der Waals surface area contributed by atoms with Gasteiger partial charge in [-0.1, -0.05) is 0 Å². The van der Waals surface area contributed by atoms with Crippen molar-refractivity contribution in [2.24, 2.45) is 5.92 Å². The summed E-state index contributed by atoms with van der Waals surface area (Å²) in [4.78, 5) is 5.11. The zero-order valence-corrected chi connectivity index (χ0v) is 11.2. The third-order valence-corrected chi connectivity index (χ3v) is 3.71. The Labute approximate surface area is 95.6 Å². The van der Waals surface area contributed by atoms with E-state index < -0.39 is 0 Å². The van der Waals surface area contributed by atoms with Crippen LogP contribution in [-0.4, -0.2) is 48.6 Å². The molecule has 1 heterocycles. The van der Waals surface area contributed by atoms with E-state index in [9.17, 15) is 0 Å². The molecule has 15 heavy (non-hydrogen) atoms. The summed E-state index contributed by atoms with van der Waals surface area (Å²) in [6.45, 7) is 13.1. The first kappa shape index (κ1) is 13.0. The van der Waals surface area contributed by atoms with E-state index in [0.29, 0.717) is 6.04 Å². The Morgan fingerprint density at radius 1 is 1.27 bits per heavy atom. The summed E-state index contributed by atoms with van der Waals surface area (Å²) >= 11 is 0. The minimum Gasteiger partial charge on any atom is -0.304 e. The molecule has 0 radical (unpaired) electrons. The molecule has 2 nitrogen and oxygen atoms in total. The Balaban J connectivity index is 2.36. The fourth-order valence-electron chi connectivity index (χ4n) is 2.33. The maximum Gasteiger partial charge on any atom is 0.00387 e. The SMILES string of the molecule is CC(C)N(C)CC1CCCN(C(C)C)C1. The highest BCUT2D eigenvalue weighted by atomic mass is 15.2. The molecule has 2 heteroatoms. The van der Waals surface area contributed by atoms with Crippen LogP contribution in [0.25, 0.3) is 0 Å². The van der Waals surface area contributed by atoms with Gasteiger partial charge >= 0.3 is 0 Å². The van der Waals surface area contributed by atoms with E-state index in [2.05, 4.69) is 44.5 Å². The third-order valence-electron chi connectivity index (χ3n) is 3.71. The lowest BCUT2D eigenvalue weighted by Crippen LogP contribution is -2.44. The summed E-state index contributed by atoms with van der Waals surface area (Å²) in [5.74, 6) is 0.883. The molecule has 0 bridgehead atoms. The van der Waals surface area contributed by atoms with Crippen LogP contribution in [0.2, 0.25) is 0 Å². The van der Waals surface area contributed by atoms with Crippen molar-refractivity contribution in [1.29, 1.82) is 0 Å². The van der Waals surface area contributed by atoms with Gasteiger partial charge in [-0.2, -0.15) is 0 Å². The Bertz CT molecular complexity index is 175. The second-order valence-corrected chi connectivity index (χ2v) is 5.63. The largest absolute Gasteiger partial charge is 0.304 e. The zero-order valence-electron chi connectivity index (χ0n) is 11.2. The molecule has 0 saturated carbocycles. The van der Waals surface area contributed by atoms with Crippen molar-refractivity contribution in [2.45, 2.75) is 52.6 Å². The van der Waals surface area contributed by atoms with Crippen molar-refractivity contribution in [3.8, 4) is 0 Å². The lowest BCUT2D eigenvalue weighted by Gasteiger charge is -2.37. The number of likely N-dealkylation sites (tertiary alicyclic amines) is 1. The highest BCUT2D eigenvalue weighted by molar-refractivity contribution is 4.77. The van der Waals surface area contributed by atoms with Crippen LogP contribution in [0, 0.1) is 5.92 Å². The number of rotatable bonds is 4. The standard InChI is InChI=1S/C13H28N2/c1-11(2)14(5)9-13-7-6-8-15(10-13)12(3)4/h11-13H,6-10H2,1-5H3. The number of hydrogen-bond acceptors (Lipinski definition) is 2. The Morgan fingerprint density at radius 2 is 1.93 bits per heavy atom. The van der Waals surface area contributed by atoms with E-state index in [0.717, 1.165) is 12.0 Å². The molecule has 0 aromatic heterocycles. The van der Waals surface area contributed by atoms with Crippen molar-refractivity contribution in [1.82, 2.24) is 9.80 Å². The topological polar surface area (TPSA) is 6.48 Å². The van der Waals surface area contributed by atoms with Gasteiger partial charge in [-0.25, -0.2) is 0 Å². The van der Waals surface area contributed by atoms with Crippen LogP contribution in [0.15, 0.2) is 0 Å². The van der Waals surface area contributed by atoms with Crippen LogP contribution < -0.4 is 0 Å². The smallest absolute Gasteiger partial charge is 0.00387 e. The average Bonchev–Trinajstić information content (AvgIpc) is 2.18. The minimum atomic E-state index is 0.680. The summed E-state index contributed by atoms with van der Waals surface area (Å²) in [5, 5.41) is 0. The average molecular weight is 212 g/mol. The molecule has 0 amide bonds. The molecule has 0 spiro atoms. The molecular weight excluding hydrogens is 184 g/mol. The van der Waals surface area contributed by atoms with Gasteiger partial charge in [0, 0.05) is 25.2 Å². The van der Waals surface area contributed by atoms with Gasteiger partial charge in [0.1, 0.15) is 0 Å². The van der Waals surface area contributed by atoms with Gasteiger partial charge in [0.25, 0.3) is 0 Å². The van der Waals surface area contributed by atoms with Crippen LogP contribution >= 0.6 is 0 Å². The van der Waals surface area contributed by atoms with Gasteiger partial charge in [0.2, 0.25) is 0 Å². The van der Waals surface area contributed by atoms with Gasteiger partial charge < -0.3 is 9.80 Å². The maximum absolute atomic E-state index is 2.63. The predicted octanol–water partition coefficient (Wildman–Crippen LogP) is 2.45. The second-order valence-electron chi connectivity index (χ2n) is 5.63. The summed E-state index contributed by atoms with van der Waals surface area (Å²) in [5.41, 5.74) is 0. The molecule has 0 aromatic rings. The van der Waals surface area contributed by atoms with E-state index in [4.69, 9.17) is 0 Å². The molecule has 0 aliphatic carbocycles. The van der Waals surface area contributed by atoms with Crippen molar-refractivity contribution >= 4 is 0 Å². The van der Waals surface area contributed by atoms with Crippen molar-refractivity contribution < 1.29 is 0 Å². The highest BCUT2D eigenvalue weighted by Gasteiger charge is 2.22. The summed E-state index contributed by atoms with van der Waals surface area (Å²) in [7, 11) is 2.25. The molecule has 0 aromatic carbocycles. The molecule has 1 fully saturated rings. The van der Waals surface area contributed by atoms with E-state index in [-0.39, 0.29) is 0 Å². The van der Waals surface area contributed by atoms with Crippen LogP contribution in [0.5, 0.6) is 0 Å². The Kier molecular flexibility index (Phi) is 5.07. The van der Waals surface area contributed by atoms with Gasteiger partial charge in [-0.3, -0.25) is 0 Å². The first-order valence-corrected chi connectivity index (χ1v) is 6.45. The summed E-state index contributed by atoms with van der Waals surface area (Å²) < 4.78 is 0. The van der Waals surface area contributed by atoms with Crippen molar-refractivity contribution in [3.63, 3.8) is 0 Å². The van der Waals surface area contributed by atoms with Crippen LogP contribution in [0.4, 0.5) is 0 Å². The first-order valence-electron chi connectivity index (χ1n) is 6.45. The monoisotopic (exact) mass is 212 g/mol. The van der Waals surface area contributed by atoms with Gasteiger partial charge in [0.15, 0.2) is 0 Å². The molecule has 1 aliphatic rings. The van der Waals surface area contributed by atoms with E-state index >= 15 is 0 Å². The van der Waals surface area contributed by atoms with Gasteiger partial charge in [-0.05, 0) is 60.0 Å². The number of piperidine rings is 1. The fraction of sp³-hybridized carbons (Fsp3) is 1.00. The molecule has 1 rings (SSSR count). The van der Waals surface area contributed by atoms with Crippen LogP contribution in [0.1, 0.15) is 40.5 Å². The third kappa shape index (κ3) is 4.12. The Morgan fingerprint density at radius 3 is 2.47 bits per heavy atom. The molecule has 1 aliphatic heterocycles. The van der Waals surface area contributed by atoms with Crippen molar-refractivity contribution in [3.05, 3.63) is 0 Å². The van der Waals surface area contributed by atoms with E-state index in [1.807, 2.05) is 0 Å². The molecular formula is C13H28N2. The summed E-state index contributed by atoms with van der Waals surface area (Å²) in [6.07, 6.45) is 2.80. The van der Waals surface area contributed by atoms with Crippen LogP contribution in [0.3, 0.4) is 0 Å². The Hall–Kier alpha value is -0.0800. The van der Waals surface area contributed by atoms with Crippen LogP contribution in [-0.2, 0) is 0 Å². The number of hydrogen-bond donors (Lipinski definition) is 0. The quantitative estimate of drug-likeness (QED) is 0.706. The maximum atomic E-state index is 2.63. The lowest BCUT2D eigenvalue weighted by atomic mass is 9.96. The normalized spacial score (nSPS) is 24.4. The van der Waals surface area contributed by atoms with Gasteiger partial charge in [0.05, 0.1) is 0 Å². The number of nitrogens with zero attached hydrogens (tertiary/aromatic N) is 2. The van der Waals surface area contributed by atoms with Gasteiger partial charge in [-0.15, -0.1) is 0 Å². The molecule has 0 N–H and O–H groups in total. The van der Waals surface area contributed by atoms with E-state index in [1.54, 1.807) is 0 Å².